The Bertz CT molecular complexity index is 762. The molecule has 0 fully saturated rings. The van der Waals surface area contributed by atoms with E-state index in [1.807, 2.05) is 13.0 Å². The predicted octanol–water partition coefficient (Wildman–Crippen LogP) is 3.34. The number of hydrogen-bond donors (Lipinski definition) is 2. The van der Waals surface area contributed by atoms with Crippen LogP contribution in [0.3, 0.4) is 0 Å². The van der Waals surface area contributed by atoms with Gasteiger partial charge in [-0.2, -0.15) is 0 Å². The number of benzene rings is 2. The Morgan fingerprint density at radius 1 is 1.04 bits per heavy atom. The van der Waals surface area contributed by atoms with Gasteiger partial charge in [0.25, 0.3) is 0 Å². The number of rotatable bonds is 5. The number of carboxylic acids is 1. The highest BCUT2D eigenvalue weighted by Gasteiger charge is 2.16. The summed E-state index contributed by atoms with van der Waals surface area (Å²) < 4.78 is 10.2. The van der Waals surface area contributed by atoms with Crippen molar-refractivity contribution in [1.82, 2.24) is 0 Å². The minimum atomic E-state index is -1.08. The zero-order chi connectivity index (χ0) is 17.0. The molecule has 0 heterocycles. The second kappa shape index (κ2) is 6.87. The average molecular weight is 314 g/mol. The van der Waals surface area contributed by atoms with Crippen molar-refractivity contribution >= 4 is 17.6 Å². The highest BCUT2D eigenvalue weighted by atomic mass is 16.5. The van der Waals surface area contributed by atoms with E-state index in [1.165, 1.54) is 26.4 Å². The van der Waals surface area contributed by atoms with Crippen LogP contribution in [0.1, 0.15) is 16.7 Å². The molecule has 2 rings (SSSR count). The molecule has 2 aromatic carbocycles. The normalized spacial score (nSPS) is 11.2. The summed E-state index contributed by atoms with van der Waals surface area (Å²) in [5.74, 6) is -0.333. The third kappa shape index (κ3) is 3.63. The molecule has 0 unspecified atom stereocenters. The van der Waals surface area contributed by atoms with Crippen molar-refractivity contribution in [3.8, 4) is 17.2 Å². The van der Waals surface area contributed by atoms with Gasteiger partial charge in [-0.1, -0.05) is 17.7 Å². The first kappa shape index (κ1) is 16.4. The van der Waals surface area contributed by atoms with Crippen molar-refractivity contribution < 1.29 is 24.5 Å². The Morgan fingerprint density at radius 2 is 1.70 bits per heavy atom. The Morgan fingerprint density at radius 3 is 2.26 bits per heavy atom. The van der Waals surface area contributed by atoms with E-state index >= 15 is 0 Å². The second-order valence-corrected chi connectivity index (χ2v) is 5.00. The van der Waals surface area contributed by atoms with Crippen molar-refractivity contribution in [3.05, 3.63) is 53.1 Å². The van der Waals surface area contributed by atoms with Gasteiger partial charge in [0.05, 0.1) is 19.8 Å². The summed E-state index contributed by atoms with van der Waals surface area (Å²) in [6, 6.07) is 10.0. The first-order valence-electron chi connectivity index (χ1n) is 6.93. The Labute approximate surface area is 134 Å². The number of aromatic hydroxyl groups is 1. The third-order valence-electron chi connectivity index (χ3n) is 3.39. The fraction of sp³-hybridized carbons (Fsp3) is 0.167. The highest BCUT2D eigenvalue weighted by molar-refractivity contribution is 6.21. The number of ether oxygens (including phenoxy) is 2. The smallest absolute Gasteiger partial charge is 0.336 e. The predicted molar refractivity (Wildman–Crippen MR) is 87.9 cm³/mol. The molecule has 0 aliphatic rings. The first-order chi connectivity index (χ1) is 11.0. The van der Waals surface area contributed by atoms with Crippen LogP contribution in [0.4, 0.5) is 0 Å². The molecule has 5 heteroatoms. The van der Waals surface area contributed by atoms with Gasteiger partial charge < -0.3 is 19.7 Å². The van der Waals surface area contributed by atoms with Gasteiger partial charge in [-0.05, 0) is 42.8 Å². The van der Waals surface area contributed by atoms with Gasteiger partial charge in [0.2, 0.25) is 0 Å². The summed E-state index contributed by atoms with van der Waals surface area (Å²) in [7, 11) is 2.94. The maximum atomic E-state index is 11.7. The number of methoxy groups -OCH3 is 2. The van der Waals surface area contributed by atoms with E-state index in [1.54, 1.807) is 24.3 Å². The van der Waals surface area contributed by atoms with Crippen molar-refractivity contribution in [2.24, 2.45) is 0 Å². The van der Waals surface area contributed by atoms with E-state index in [2.05, 4.69) is 0 Å². The monoisotopic (exact) mass is 314 g/mol. The van der Waals surface area contributed by atoms with Gasteiger partial charge in [0.1, 0.15) is 5.75 Å². The van der Waals surface area contributed by atoms with Gasteiger partial charge in [-0.15, -0.1) is 0 Å². The largest absolute Gasteiger partial charge is 0.504 e. The van der Waals surface area contributed by atoms with Gasteiger partial charge in [0, 0.05) is 5.56 Å². The fourth-order valence-corrected chi connectivity index (χ4v) is 2.25. The van der Waals surface area contributed by atoms with E-state index in [0.29, 0.717) is 22.6 Å². The summed E-state index contributed by atoms with van der Waals surface area (Å²) in [5.41, 5.74) is 2.03. The lowest BCUT2D eigenvalue weighted by atomic mass is 9.99. The molecule has 0 aliphatic heterocycles. The van der Waals surface area contributed by atoms with Crippen LogP contribution >= 0.6 is 0 Å². The third-order valence-corrected chi connectivity index (χ3v) is 3.39. The van der Waals surface area contributed by atoms with Crippen molar-refractivity contribution in [1.29, 1.82) is 0 Å². The number of carbonyl (C=O) groups is 1. The Kier molecular flexibility index (Phi) is 4.91. The lowest BCUT2D eigenvalue weighted by Gasteiger charge is -2.11. The van der Waals surface area contributed by atoms with Crippen LogP contribution in [0.5, 0.6) is 17.2 Å². The molecular weight excluding hydrogens is 296 g/mol. The average Bonchev–Trinajstić information content (AvgIpc) is 2.52. The molecule has 0 aliphatic carbocycles. The molecule has 120 valence electrons. The zero-order valence-corrected chi connectivity index (χ0v) is 13.2. The van der Waals surface area contributed by atoms with Crippen LogP contribution in [0.15, 0.2) is 36.4 Å². The lowest BCUT2D eigenvalue weighted by molar-refractivity contribution is -0.130. The number of phenolic OH excluding ortho intramolecular Hbond substituents is 1. The molecule has 5 nitrogen and oxygen atoms in total. The summed E-state index contributed by atoms with van der Waals surface area (Å²) in [4.78, 5) is 11.7. The van der Waals surface area contributed by atoms with Gasteiger partial charge in [-0.3, -0.25) is 0 Å². The Hall–Kier alpha value is -2.95. The highest BCUT2D eigenvalue weighted by Crippen LogP contribution is 2.31. The van der Waals surface area contributed by atoms with E-state index in [0.717, 1.165) is 5.56 Å². The number of carboxylic acid groups (broad SMARTS) is 1. The minimum Gasteiger partial charge on any atom is -0.504 e. The summed E-state index contributed by atoms with van der Waals surface area (Å²) in [6.07, 6.45) is 1.48. The topological polar surface area (TPSA) is 76.0 Å². The second-order valence-electron chi connectivity index (χ2n) is 5.00. The maximum Gasteiger partial charge on any atom is 0.336 e. The van der Waals surface area contributed by atoms with Crippen LogP contribution in [0.2, 0.25) is 0 Å². The number of hydrogen-bond acceptors (Lipinski definition) is 4. The molecule has 2 N–H and O–H groups in total. The SMILES string of the molecule is COc1ccc(/C=C(\C(=O)O)c2cc(C)ccc2OC)cc1O. The standard InChI is InChI=1S/C18H18O5/c1-11-4-6-16(22-2)13(8-11)14(18(20)21)9-12-5-7-17(23-3)15(19)10-12/h4-10,19H,1-3H3,(H,20,21)/b14-9-. The number of phenols is 1. The molecule has 0 aromatic heterocycles. The van der Waals surface area contributed by atoms with E-state index in [-0.39, 0.29) is 11.3 Å². The van der Waals surface area contributed by atoms with Gasteiger partial charge in [0.15, 0.2) is 11.5 Å². The quantitative estimate of drug-likeness (QED) is 0.654. The number of aliphatic carboxylic acids is 1. The minimum absolute atomic E-state index is 0.0535. The first-order valence-corrected chi connectivity index (χ1v) is 6.93. The van der Waals surface area contributed by atoms with Crippen molar-refractivity contribution in [2.45, 2.75) is 6.92 Å². The van der Waals surface area contributed by atoms with E-state index in [4.69, 9.17) is 9.47 Å². The van der Waals surface area contributed by atoms with Crippen LogP contribution < -0.4 is 9.47 Å². The molecule has 0 saturated heterocycles. The van der Waals surface area contributed by atoms with Crippen LogP contribution in [0.25, 0.3) is 11.6 Å². The molecule has 0 atom stereocenters. The lowest BCUT2D eigenvalue weighted by Crippen LogP contribution is -2.02. The summed E-state index contributed by atoms with van der Waals surface area (Å²) in [6.45, 7) is 1.88. The van der Waals surface area contributed by atoms with Crippen molar-refractivity contribution in [2.75, 3.05) is 14.2 Å². The van der Waals surface area contributed by atoms with Gasteiger partial charge >= 0.3 is 5.97 Å². The molecule has 2 aromatic rings. The van der Waals surface area contributed by atoms with E-state index in [9.17, 15) is 15.0 Å². The van der Waals surface area contributed by atoms with Gasteiger partial charge in [-0.25, -0.2) is 4.79 Å². The zero-order valence-electron chi connectivity index (χ0n) is 13.2. The summed E-state index contributed by atoms with van der Waals surface area (Å²) >= 11 is 0. The summed E-state index contributed by atoms with van der Waals surface area (Å²) in [5, 5.41) is 19.4. The van der Waals surface area contributed by atoms with Crippen LogP contribution in [-0.4, -0.2) is 30.4 Å². The molecule has 0 bridgehead atoms. The molecule has 0 amide bonds. The molecule has 23 heavy (non-hydrogen) atoms. The number of aryl methyl sites for hydroxylation is 1. The van der Waals surface area contributed by atoms with Crippen molar-refractivity contribution in [3.63, 3.8) is 0 Å². The fourth-order valence-electron chi connectivity index (χ4n) is 2.25. The maximum absolute atomic E-state index is 11.7. The van der Waals surface area contributed by atoms with Crippen LogP contribution in [-0.2, 0) is 4.79 Å². The Balaban J connectivity index is 2.57. The van der Waals surface area contributed by atoms with Crippen LogP contribution in [0, 0.1) is 6.92 Å². The molecule has 0 spiro atoms. The molecular formula is C18H18O5. The molecule has 0 radical (unpaired) electrons. The van der Waals surface area contributed by atoms with E-state index < -0.39 is 5.97 Å². The molecule has 0 saturated carbocycles.